The number of thiophene rings is 1. The highest BCUT2D eigenvalue weighted by molar-refractivity contribution is 7.17. The number of carbonyl (C=O) groups excluding carboxylic acids is 1. The van der Waals surface area contributed by atoms with Crippen LogP contribution >= 0.6 is 11.3 Å². The summed E-state index contributed by atoms with van der Waals surface area (Å²) in [5, 5.41) is 10.7. The Balaban J connectivity index is 1.66. The van der Waals surface area contributed by atoms with Crippen LogP contribution in [0.3, 0.4) is 0 Å². The molecule has 1 saturated heterocycles. The van der Waals surface area contributed by atoms with E-state index >= 15 is 0 Å². The third kappa shape index (κ3) is 4.35. The molecule has 0 N–H and O–H groups in total. The van der Waals surface area contributed by atoms with Gasteiger partial charge in [0.25, 0.3) is 5.91 Å². The minimum absolute atomic E-state index is 0.0937. The van der Waals surface area contributed by atoms with Crippen molar-refractivity contribution in [2.75, 3.05) is 31.1 Å². The second-order valence-corrected chi connectivity index (χ2v) is 6.99. The average Bonchev–Trinajstić information content (AvgIpc) is 2.99. The van der Waals surface area contributed by atoms with Crippen molar-refractivity contribution in [1.82, 2.24) is 9.88 Å². The number of alkyl halides is 3. The summed E-state index contributed by atoms with van der Waals surface area (Å²) >= 11 is 0.828. The van der Waals surface area contributed by atoms with Gasteiger partial charge in [-0.2, -0.15) is 13.2 Å². The zero-order valence-corrected chi connectivity index (χ0v) is 14.8. The number of nitro groups is 1. The molecule has 0 spiro atoms. The molecule has 2 aromatic heterocycles. The van der Waals surface area contributed by atoms with Crippen LogP contribution in [0.15, 0.2) is 30.5 Å². The van der Waals surface area contributed by atoms with E-state index in [9.17, 15) is 28.1 Å². The predicted molar refractivity (Wildman–Crippen MR) is 92.9 cm³/mol. The second-order valence-electron chi connectivity index (χ2n) is 5.93. The molecule has 3 rings (SSSR count). The number of amides is 1. The van der Waals surface area contributed by atoms with Crippen LogP contribution in [0.25, 0.3) is 0 Å². The van der Waals surface area contributed by atoms with E-state index in [4.69, 9.17) is 0 Å². The molecule has 1 aliphatic heterocycles. The second kappa shape index (κ2) is 7.51. The van der Waals surface area contributed by atoms with E-state index in [1.165, 1.54) is 18.2 Å². The summed E-state index contributed by atoms with van der Waals surface area (Å²) in [5.74, 6) is 0.138. The number of aromatic nitrogens is 1. The molecule has 1 fully saturated rings. The quantitative estimate of drug-likeness (QED) is 0.583. The number of rotatable bonds is 3. The lowest BCUT2D eigenvalue weighted by Gasteiger charge is -2.22. The smallest absolute Gasteiger partial charge is 0.355 e. The summed E-state index contributed by atoms with van der Waals surface area (Å²) in [6.45, 7) is 1.78. The maximum absolute atomic E-state index is 12.6. The Kier molecular flexibility index (Phi) is 5.31. The van der Waals surface area contributed by atoms with E-state index in [0.29, 0.717) is 43.3 Å². The molecule has 0 saturated carbocycles. The Morgan fingerprint density at radius 1 is 1.15 bits per heavy atom. The van der Waals surface area contributed by atoms with Crippen LogP contribution in [-0.4, -0.2) is 46.9 Å². The van der Waals surface area contributed by atoms with Crippen molar-refractivity contribution < 1.29 is 22.9 Å². The zero-order valence-electron chi connectivity index (χ0n) is 14.0. The van der Waals surface area contributed by atoms with Gasteiger partial charge in [-0.3, -0.25) is 14.9 Å². The molecular weight excluding hydrogens is 385 g/mol. The van der Waals surface area contributed by atoms with Crippen molar-refractivity contribution in [1.29, 1.82) is 0 Å². The van der Waals surface area contributed by atoms with E-state index in [0.717, 1.165) is 23.6 Å². The van der Waals surface area contributed by atoms with E-state index in [2.05, 4.69) is 4.98 Å². The summed E-state index contributed by atoms with van der Waals surface area (Å²) in [6.07, 6.45) is -3.02. The summed E-state index contributed by atoms with van der Waals surface area (Å²) in [6, 6.07) is 5.04. The zero-order chi connectivity index (χ0) is 19.6. The molecule has 7 nitrogen and oxygen atoms in total. The number of hydrogen-bond donors (Lipinski definition) is 0. The SMILES string of the molecule is O=C(c1ccc([N+](=O)[O-])s1)N1CCCN(c2ccc(C(F)(F)F)cn2)CC1. The molecule has 2 aromatic rings. The Morgan fingerprint density at radius 2 is 1.93 bits per heavy atom. The van der Waals surface area contributed by atoms with Crippen LogP contribution in [0, 0.1) is 10.1 Å². The number of nitrogens with zero attached hydrogens (tertiary/aromatic N) is 4. The van der Waals surface area contributed by atoms with Gasteiger partial charge < -0.3 is 9.80 Å². The van der Waals surface area contributed by atoms with Crippen LogP contribution in [0.4, 0.5) is 24.0 Å². The van der Waals surface area contributed by atoms with Gasteiger partial charge in [-0.1, -0.05) is 11.3 Å². The minimum Gasteiger partial charge on any atom is -0.355 e. The Labute approximate surface area is 156 Å². The normalized spacial score (nSPS) is 15.5. The molecule has 11 heteroatoms. The van der Waals surface area contributed by atoms with Crippen molar-refractivity contribution >= 4 is 28.1 Å². The standard InChI is InChI=1S/C16H15F3N4O3S/c17-16(18,19)11-2-4-13(20-10-11)21-6-1-7-22(9-8-21)15(24)12-3-5-14(27-12)23(25)26/h2-5,10H,1,6-9H2. The largest absolute Gasteiger partial charge is 0.417 e. The topological polar surface area (TPSA) is 79.6 Å². The molecule has 0 aliphatic carbocycles. The number of anilines is 1. The maximum atomic E-state index is 12.6. The van der Waals surface area contributed by atoms with Crippen molar-refractivity contribution in [2.24, 2.45) is 0 Å². The van der Waals surface area contributed by atoms with Crippen LogP contribution in [0.1, 0.15) is 21.7 Å². The fourth-order valence-corrected chi connectivity index (χ4v) is 3.58. The van der Waals surface area contributed by atoms with Gasteiger partial charge in [0.05, 0.1) is 15.4 Å². The number of pyridine rings is 1. The lowest BCUT2D eigenvalue weighted by molar-refractivity contribution is -0.380. The highest BCUT2D eigenvalue weighted by atomic mass is 32.1. The van der Waals surface area contributed by atoms with Crippen molar-refractivity contribution in [3.8, 4) is 0 Å². The summed E-state index contributed by atoms with van der Waals surface area (Å²) in [5.41, 5.74) is -0.808. The molecule has 0 aromatic carbocycles. The summed E-state index contributed by atoms with van der Waals surface area (Å²) < 4.78 is 37.9. The van der Waals surface area contributed by atoms with Gasteiger partial charge in [0.1, 0.15) is 5.82 Å². The lowest BCUT2D eigenvalue weighted by Crippen LogP contribution is -2.35. The van der Waals surface area contributed by atoms with Crippen molar-refractivity contribution in [2.45, 2.75) is 12.6 Å². The number of halogens is 3. The van der Waals surface area contributed by atoms with Gasteiger partial charge >= 0.3 is 11.2 Å². The van der Waals surface area contributed by atoms with E-state index in [1.54, 1.807) is 4.90 Å². The van der Waals surface area contributed by atoms with Gasteiger partial charge in [-0.15, -0.1) is 0 Å². The van der Waals surface area contributed by atoms with Crippen molar-refractivity contribution in [3.63, 3.8) is 0 Å². The molecular formula is C16H15F3N4O3S. The molecule has 0 atom stereocenters. The van der Waals surface area contributed by atoms with Crippen LogP contribution < -0.4 is 4.90 Å². The molecule has 3 heterocycles. The average molecular weight is 400 g/mol. The van der Waals surface area contributed by atoms with Gasteiger partial charge in [-0.25, -0.2) is 4.98 Å². The molecule has 27 heavy (non-hydrogen) atoms. The Morgan fingerprint density at radius 3 is 2.52 bits per heavy atom. The number of hydrogen-bond acceptors (Lipinski definition) is 6. The van der Waals surface area contributed by atoms with Crippen molar-refractivity contribution in [3.05, 3.63) is 51.0 Å². The Bertz CT molecular complexity index is 838. The monoisotopic (exact) mass is 400 g/mol. The fourth-order valence-electron chi connectivity index (χ4n) is 2.79. The minimum atomic E-state index is -4.43. The van der Waals surface area contributed by atoms with E-state index < -0.39 is 16.7 Å². The van der Waals surface area contributed by atoms with Gasteiger partial charge in [0.15, 0.2) is 0 Å². The predicted octanol–water partition coefficient (Wildman–Crippen LogP) is 3.42. The Hall–Kier alpha value is -2.69. The molecule has 1 amide bonds. The lowest BCUT2D eigenvalue weighted by atomic mass is 10.2. The molecule has 144 valence electrons. The van der Waals surface area contributed by atoms with Gasteiger partial charge in [0, 0.05) is 38.4 Å². The first-order chi connectivity index (χ1) is 12.8. The van der Waals surface area contributed by atoms with E-state index in [1.807, 2.05) is 4.90 Å². The van der Waals surface area contributed by atoms with Gasteiger partial charge in [0.2, 0.25) is 0 Å². The highest BCUT2D eigenvalue weighted by Gasteiger charge is 2.31. The maximum Gasteiger partial charge on any atom is 0.417 e. The van der Waals surface area contributed by atoms with E-state index in [-0.39, 0.29) is 10.9 Å². The summed E-state index contributed by atoms with van der Waals surface area (Å²) in [4.78, 5) is 30.4. The fraction of sp³-hybridized carbons (Fsp3) is 0.375. The first-order valence-corrected chi connectivity index (χ1v) is 8.89. The third-order valence-corrected chi connectivity index (χ3v) is 5.19. The van der Waals surface area contributed by atoms with Crippen LogP contribution in [0.2, 0.25) is 0 Å². The first-order valence-electron chi connectivity index (χ1n) is 8.07. The molecule has 0 bridgehead atoms. The molecule has 1 aliphatic rings. The van der Waals surface area contributed by atoms with Crippen LogP contribution in [0.5, 0.6) is 0 Å². The highest BCUT2D eigenvalue weighted by Crippen LogP contribution is 2.30. The molecule has 0 radical (unpaired) electrons. The molecule has 0 unspecified atom stereocenters. The van der Waals surface area contributed by atoms with Crippen LogP contribution in [-0.2, 0) is 6.18 Å². The number of carbonyl (C=O) groups is 1. The first kappa shape index (κ1) is 19.1. The third-order valence-electron chi connectivity index (χ3n) is 4.16. The summed E-state index contributed by atoms with van der Waals surface area (Å²) in [7, 11) is 0. The van der Waals surface area contributed by atoms with Gasteiger partial charge in [-0.05, 0) is 24.6 Å².